The molecule has 0 spiro atoms. The molecule has 0 bridgehead atoms. The van der Waals surface area contributed by atoms with Crippen LogP contribution in [0.3, 0.4) is 0 Å². The van der Waals surface area contributed by atoms with E-state index in [-0.39, 0.29) is 5.91 Å². The lowest BCUT2D eigenvalue weighted by atomic mass is 10.2. The third-order valence-corrected chi connectivity index (χ3v) is 4.16. The third-order valence-electron chi connectivity index (χ3n) is 4.16. The number of aromatic nitrogens is 4. The highest BCUT2D eigenvalue weighted by Gasteiger charge is 2.11. The first-order chi connectivity index (χ1) is 14.2. The van der Waals surface area contributed by atoms with Gasteiger partial charge in [0, 0.05) is 23.8 Å². The van der Waals surface area contributed by atoms with Gasteiger partial charge in [0.2, 0.25) is 0 Å². The molecule has 0 atom stereocenters. The molecule has 144 valence electrons. The standard InChI is InChI=1S/C21H18N6O2/c1-29-18-6-3-2-5-17(18)21(28)24-16-9-7-15(8-10-16)23-19-11-12-20(26-25-19)27-14-4-13-22-27/h2-14H,1H3,(H,23,25)(H,24,28). The van der Waals surface area contributed by atoms with Gasteiger partial charge in [-0.2, -0.15) is 5.10 Å². The minimum absolute atomic E-state index is 0.233. The molecular weight excluding hydrogens is 368 g/mol. The summed E-state index contributed by atoms with van der Waals surface area (Å²) in [5, 5.41) is 18.4. The maximum absolute atomic E-state index is 12.5. The Morgan fingerprint density at radius 1 is 0.931 bits per heavy atom. The maximum Gasteiger partial charge on any atom is 0.259 e. The number of rotatable bonds is 6. The highest BCUT2D eigenvalue weighted by atomic mass is 16.5. The number of methoxy groups -OCH3 is 1. The number of carbonyl (C=O) groups excluding carboxylic acids is 1. The summed E-state index contributed by atoms with van der Waals surface area (Å²) in [6, 6.07) is 19.9. The van der Waals surface area contributed by atoms with Crippen LogP contribution in [0.5, 0.6) is 5.75 Å². The van der Waals surface area contributed by atoms with Gasteiger partial charge in [-0.3, -0.25) is 4.79 Å². The third kappa shape index (κ3) is 4.22. The lowest BCUT2D eigenvalue weighted by Gasteiger charge is -2.10. The molecule has 0 radical (unpaired) electrons. The van der Waals surface area contributed by atoms with Crippen LogP contribution in [0.4, 0.5) is 17.2 Å². The van der Waals surface area contributed by atoms with Crippen molar-refractivity contribution in [1.82, 2.24) is 20.0 Å². The fourth-order valence-corrected chi connectivity index (χ4v) is 2.73. The van der Waals surface area contributed by atoms with Gasteiger partial charge in [-0.1, -0.05) is 12.1 Å². The zero-order valence-corrected chi connectivity index (χ0v) is 15.6. The van der Waals surface area contributed by atoms with Crippen molar-refractivity contribution in [3.63, 3.8) is 0 Å². The van der Waals surface area contributed by atoms with Crippen LogP contribution in [0.2, 0.25) is 0 Å². The molecule has 4 rings (SSSR count). The minimum Gasteiger partial charge on any atom is -0.496 e. The first-order valence-electron chi connectivity index (χ1n) is 8.88. The Morgan fingerprint density at radius 2 is 1.72 bits per heavy atom. The molecule has 8 heteroatoms. The molecule has 0 aliphatic rings. The Kier molecular flexibility index (Phi) is 5.15. The molecule has 0 aliphatic carbocycles. The van der Waals surface area contributed by atoms with E-state index in [9.17, 15) is 4.79 Å². The monoisotopic (exact) mass is 386 g/mol. The van der Waals surface area contributed by atoms with Gasteiger partial charge in [-0.25, -0.2) is 4.68 Å². The Morgan fingerprint density at radius 3 is 2.41 bits per heavy atom. The van der Waals surface area contributed by atoms with Gasteiger partial charge in [0.1, 0.15) is 5.75 Å². The molecule has 0 saturated heterocycles. The molecule has 0 unspecified atom stereocenters. The van der Waals surface area contributed by atoms with Crippen molar-refractivity contribution in [1.29, 1.82) is 0 Å². The quantitative estimate of drug-likeness (QED) is 0.525. The van der Waals surface area contributed by atoms with E-state index >= 15 is 0 Å². The van der Waals surface area contributed by atoms with Crippen LogP contribution in [0.25, 0.3) is 5.82 Å². The molecule has 29 heavy (non-hydrogen) atoms. The topological polar surface area (TPSA) is 94.0 Å². The Hall–Kier alpha value is -4.20. The lowest BCUT2D eigenvalue weighted by molar-refractivity contribution is 0.102. The summed E-state index contributed by atoms with van der Waals surface area (Å²) >= 11 is 0. The van der Waals surface area contributed by atoms with E-state index in [1.165, 1.54) is 7.11 Å². The molecule has 8 nitrogen and oxygen atoms in total. The summed E-state index contributed by atoms with van der Waals surface area (Å²) in [6.07, 6.45) is 3.48. The predicted molar refractivity (Wildman–Crippen MR) is 110 cm³/mol. The number of para-hydroxylation sites is 1. The first kappa shape index (κ1) is 18.2. The van der Waals surface area contributed by atoms with Gasteiger partial charge in [-0.05, 0) is 54.6 Å². The molecule has 0 saturated carbocycles. The molecule has 0 aliphatic heterocycles. The van der Waals surface area contributed by atoms with Crippen LogP contribution >= 0.6 is 0 Å². The second-order valence-corrected chi connectivity index (χ2v) is 6.08. The van der Waals surface area contributed by atoms with E-state index in [0.717, 1.165) is 5.69 Å². The average molecular weight is 386 g/mol. The number of benzene rings is 2. The number of carbonyl (C=O) groups is 1. The van der Waals surface area contributed by atoms with Gasteiger partial charge in [-0.15, -0.1) is 10.2 Å². The second kappa shape index (κ2) is 8.22. The van der Waals surface area contributed by atoms with Gasteiger partial charge in [0.05, 0.1) is 12.7 Å². The van der Waals surface area contributed by atoms with E-state index < -0.39 is 0 Å². The summed E-state index contributed by atoms with van der Waals surface area (Å²) in [6.45, 7) is 0. The fraction of sp³-hybridized carbons (Fsp3) is 0.0476. The molecule has 4 aromatic rings. The van der Waals surface area contributed by atoms with Crippen LogP contribution in [-0.2, 0) is 0 Å². The van der Waals surface area contributed by atoms with Gasteiger partial charge >= 0.3 is 0 Å². The maximum atomic E-state index is 12.5. The molecule has 2 aromatic carbocycles. The summed E-state index contributed by atoms with van der Waals surface area (Å²) < 4.78 is 6.87. The Bertz CT molecular complexity index is 1090. The number of hydrogen-bond donors (Lipinski definition) is 2. The molecule has 0 fully saturated rings. The molecule has 2 heterocycles. The van der Waals surface area contributed by atoms with Crippen molar-refractivity contribution in [3.05, 3.63) is 84.7 Å². The largest absolute Gasteiger partial charge is 0.496 e. The second-order valence-electron chi connectivity index (χ2n) is 6.08. The van der Waals surface area contributed by atoms with Crippen molar-refractivity contribution < 1.29 is 9.53 Å². The summed E-state index contributed by atoms with van der Waals surface area (Å²) in [4.78, 5) is 12.5. The normalized spacial score (nSPS) is 10.4. The number of hydrogen-bond acceptors (Lipinski definition) is 6. The molecule has 2 N–H and O–H groups in total. The van der Waals surface area contributed by atoms with Crippen LogP contribution in [0, 0.1) is 0 Å². The van der Waals surface area contributed by atoms with E-state index in [4.69, 9.17) is 4.74 Å². The number of nitrogens with zero attached hydrogens (tertiary/aromatic N) is 4. The first-order valence-corrected chi connectivity index (χ1v) is 8.88. The van der Waals surface area contributed by atoms with E-state index in [1.807, 2.05) is 36.4 Å². The van der Waals surface area contributed by atoms with Crippen molar-refractivity contribution in [3.8, 4) is 11.6 Å². The highest BCUT2D eigenvalue weighted by Crippen LogP contribution is 2.21. The Balaban J connectivity index is 1.41. The average Bonchev–Trinajstić information content (AvgIpc) is 3.30. The number of ether oxygens (including phenoxy) is 1. The summed E-state index contributed by atoms with van der Waals surface area (Å²) in [7, 11) is 1.54. The molecular formula is C21H18N6O2. The van der Waals surface area contributed by atoms with Crippen LogP contribution in [0.1, 0.15) is 10.4 Å². The van der Waals surface area contributed by atoms with Crippen LogP contribution < -0.4 is 15.4 Å². The van der Waals surface area contributed by atoms with Crippen molar-refractivity contribution >= 4 is 23.1 Å². The molecule has 1 amide bonds. The van der Waals surface area contributed by atoms with Crippen molar-refractivity contribution in [2.75, 3.05) is 17.7 Å². The SMILES string of the molecule is COc1ccccc1C(=O)Nc1ccc(Nc2ccc(-n3cccn3)nn2)cc1. The zero-order valence-electron chi connectivity index (χ0n) is 15.6. The molecule has 2 aromatic heterocycles. The Labute approximate surface area is 167 Å². The minimum atomic E-state index is -0.233. The van der Waals surface area contributed by atoms with E-state index in [2.05, 4.69) is 25.9 Å². The van der Waals surface area contributed by atoms with E-state index in [0.29, 0.717) is 28.6 Å². The fourth-order valence-electron chi connectivity index (χ4n) is 2.73. The lowest BCUT2D eigenvalue weighted by Crippen LogP contribution is -2.13. The van der Waals surface area contributed by atoms with Gasteiger partial charge in [0.15, 0.2) is 11.6 Å². The van der Waals surface area contributed by atoms with Crippen molar-refractivity contribution in [2.45, 2.75) is 0 Å². The predicted octanol–water partition coefficient (Wildman–Crippen LogP) is 3.67. The highest BCUT2D eigenvalue weighted by molar-refractivity contribution is 6.06. The van der Waals surface area contributed by atoms with Gasteiger partial charge in [0.25, 0.3) is 5.91 Å². The number of anilines is 3. The van der Waals surface area contributed by atoms with Crippen LogP contribution in [-0.4, -0.2) is 33.0 Å². The number of amides is 1. The van der Waals surface area contributed by atoms with Crippen LogP contribution in [0.15, 0.2) is 79.1 Å². The summed E-state index contributed by atoms with van der Waals surface area (Å²) in [5.41, 5.74) is 1.97. The van der Waals surface area contributed by atoms with Crippen molar-refractivity contribution in [2.24, 2.45) is 0 Å². The van der Waals surface area contributed by atoms with E-state index in [1.54, 1.807) is 47.4 Å². The smallest absolute Gasteiger partial charge is 0.259 e. The zero-order chi connectivity index (χ0) is 20.1. The number of nitrogens with one attached hydrogen (secondary N) is 2. The summed E-state index contributed by atoms with van der Waals surface area (Å²) in [5.74, 6) is 1.53. The van der Waals surface area contributed by atoms with Gasteiger partial charge < -0.3 is 15.4 Å².